The summed E-state index contributed by atoms with van der Waals surface area (Å²) in [7, 11) is 0. The third-order valence-electron chi connectivity index (χ3n) is 6.15. The number of halogens is 1. The molecular formula is C21H21ClN8S. The number of H-pyrrole nitrogens is 1. The van der Waals surface area contributed by atoms with Crippen molar-refractivity contribution in [2.45, 2.75) is 35.9 Å². The highest BCUT2D eigenvalue weighted by Crippen LogP contribution is 2.39. The van der Waals surface area contributed by atoms with Gasteiger partial charge in [0.1, 0.15) is 17.0 Å². The fraction of sp³-hybridized carbons (Fsp3) is 0.381. The largest absolute Gasteiger partial charge is 0.354 e. The van der Waals surface area contributed by atoms with Gasteiger partial charge in [0.05, 0.1) is 10.4 Å². The zero-order chi connectivity index (χ0) is 20.9. The van der Waals surface area contributed by atoms with Gasteiger partial charge in [0.2, 0.25) is 0 Å². The molecule has 158 valence electrons. The molecule has 2 aliphatic heterocycles. The SMILES string of the molecule is CCc1[nH]c2nc(Sc3cnc4nccnc4c3)nc(N3C[C@H]4CCN[C@H]4C3)c2c1Cl. The van der Waals surface area contributed by atoms with Crippen molar-refractivity contribution < 1.29 is 0 Å². The second kappa shape index (κ2) is 7.58. The van der Waals surface area contributed by atoms with Crippen LogP contribution in [0.2, 0.25) is 5.02 Å². The molecule has 2 saturated heterocycles. The van der Waals surface area contributed by atoms with Gasteiger partial charge in [0, 0.05) is 48.3 Å². The van der Waals surface area contributed by atoms with Crippen LogP contribution < -0.4 is 10.2 Å². The van der Waals surface area contributed by atoms with E-state index < -0.39 is 0 Å². The summed E-state index contributed by atoms with van der Waals surface area (Å²) in [5, 5.41) is 5.94. The molecule has 4 aromatic heterocycles. The minimum Gasteiger partial charge on any atom is -0.354 e. The van der Waals surface area contributed by atoms with Crippen molar-refractivity contribution in [3.63, 3.8) is 0 Å². The minimum absolute atomic E-state index is 0.521. The summed E-state index contributed by atoms with van der Waals surface area (Å²) in [6.07, 6.45) is 7.13. The predicted molar refractivity (Wildman–Crippen MR) is 122 cm³/mol. The molecule has 0 saturated carbocycles. The highest BCUT2D eigenvalue weighted by Gasteiger charge is 2.37. The molecule has 0 aromatic carbocycles. The number of nitrogens with one attached hydrogen (secondary N) is 2. The summed E-state index contributed by atoms with van der Waals surface area (Å²) in [4.78, 5) is 29.5. The van der Waals surface area contributed by atoms with Crippen molar-refractivity contribution >= 4 is 51.4 Å². The number of pyridine rings is 1. The lowest BCUT2D eigenvalue weighted by molar-refractivity contribution is 0.556. The van der Waals surface area contributed by atoms with E-state index in [9.17, 15) is 0 Å². The molecule has 0 aliphatic carbocycles. The average Bonchev–Trinajstić information content (AvgIpc) is 3.47. The first-order valence-corrected chi connectivity index (χ1v) is 11.7. The topological polar surface area (TPSA) is 95.5 Å². The van der Waals surface area contributed by atoms with Crippen LogP contribution in [-0.4, -0.2) is 55.6 Å². The van der Waals surface area contributed by atoms with Crippen molar-refractivity contribution in [2.24, 2.45) is 5.92 Å². The Kier molecular flexibility index (Phi) is 4.70. The first kappa shape index (κ1) is 19.2. The van der Waals surface area contributed by atoms with Gasteiger partial charge in [-0.25, -0.2) is 19.9 Å². The average molecular weight is 453 g/mol. The van der Waals surface area contributed by atoms with Crippen molar-refractivity contribution in [3.8, 4) is 0 Å². The molecule has 2 aliphatic rings. The normalized spacial score (nSPS) is 20.8. The molecule has 2 N–H and O–H groups in total. The zero-order valence-electron chi connectivity index (χ0n) is 17.0. The van der Waals surface area contributed by atoms with Crippen LogP contribution in [0.3, 0.4) is 0 Å². The Morgan fingerprint density at radius 2 is 2.10 bits per heavy atom. The van der Waals surface area contributed by atoms with Gasteiger partial charge in [-0.3, -0.25) is 4.98 Å². The Labute approximate surface area is 188 Å². The van der Waals surface area contributed by atoms with E-state index in [-0.39, 0.29) is 0 Å². The second-order valence-corrected chi connectivity index (χ2v) is 9.43. The molecule has 0 unspecified atom stereocenters. The zero-order valence-corrected chi connectivity index (χ0v) is 18.5. The Bertz CT molecular complexity index is 1280. The van der Waals surface area contributed by atoms with Gasteiger partial charge in [-0.15, -0.1) is 0 Å². The third-order valence-corrected chi connectivity index (χ3v) is 7.39. The Hall–Kier alpha value is -2.49. The number of fused-ring (bicyclic) bond motifs is 3. The molecule has 0 amide bonds. The van der Waals surface area contributed by atoms with Crippen LogP contribution in [-0.2, 0) is 6.42 Å². The highest BCUT2D eigenvalue weighted by atomic mass is 35.5. The van der Waals surface area contributed by atoms with Crippen molar-refractivity contribution in [3.05, 3.63) is 35.4 Å². The van der Waals surface area contributed by atoms with Crippen LogP contribution in [0.5, 0.6) is 0 Å². The van der Waals surface area contributed by atoms with Gasteiger partial charge in [-0.05, 0) is 43.1 Å². The van der Waals surface area contributed by atoms with E-state index in [0.29, 0.717) is 22.8 Å². The van der Waals surface area contributed by atoms with Gasteiger partial charge in [-0.1, -0.05) is 18.5 Å². The molecule has 2 fully saturated rings. The molecule has 2 atom stereocenters. The first-order valence-electron chi connectivity index (χ1n) is 10.5. The van der Waals surface area contributed by atoms with Crippen LogP contribution in [0.25, 0.3) is 22.2 Å². The number of hydrogen-bond donors (Lipinski definition) is 2. The highest BCUT2D eigenvalue weighted by molar-refractivity contribution is 7.99. The van der Waals surface area contributed by atoms with Crippen LogP contribution in [0.4, 0.5) is 5.82 Å². The van der Waals surface area contributed by atoms with Crippen LogP contribution in [0.1, 0.15) is 19.0 Å². The maximum Gasteiger partial charge on any atom is 0.196 e. The Morgan fingerprint density at radius 3 is 2.97 bits per heavy atom. The number of anilines is 1. The standard InChI is InChI=1S/C21H21ClN8S/c1-2-13-17(22)16-19(27-13)28-21(29-20(16)30-9-11-3-4-23-15(11)10-30)31-12-7-14-18(26-8-12)25-6-5-24-14/h5-8,11,15,23H,2-4,9-10H2,1H3,(H,27,28,29)/t11-,15+/m1/s1. The van der Waals surface area contributed by atoms with Crippen molar-refractivity contribution in [1.82, 2.24) is 35.2 Å². The summed E-state index contributed by atoms with van der Waals surface area (Å²) >= 11 is 8.23. The van der Waals surface area contributed by atoms with Gasteiger partial charge in [0.15, 0.2) is 10.8 Å². The van der Waals surface area contributed by atoms with E-state index in [4.69, 9.17) is 21.6 Å². The quantitative estimate of drug-likeness (QED) is 0.454. The van der Waals surface area contributed by atoms with E-state index in [2.05, 4.69) is 37.1 Å². The van der Waals surface area contributed by atoms with Gasteiger partial charge in [0.25, 0.3) is 0 Å². The Morgan fingerprint density at radius 1 is 1.19 bits per heavy atom. The lowest BCUT2D eigenvalue weighted by atomic mass is 10.1. The van der Waals surface area contributed by atoms with E-state index in [0.717, 1.165) is 64.0 Å². The van der Waals surface area contributed by atoms with Gasteiger partial charge in [-0.2, -0.15) is 0 Å². The molecule has 0 spiro atoms. The molecule has 0 radical (unpaired) electrons. The van der Waals surface area contributed by atoms with Gasteiger partial charge < -0.3 is 15.2 Å². The summed E-state index contributed by atoms with van der Waals surface area (Å²) in [5.41, 5.74) is 3.16. The number of aromatic amines is 1. The van der Waals surface area contributed by atoms with Crippen LogP contribution in [0, 0.1) is 5.92 Å². The molecule has 4 aromatic rings. The number of nitrogens with zero attached hydrogens (tertiary/aromatic N) is 6. The lowest BCUT2D eigenvalue weighted by Crippen LogP contribution is -2.30. The summed E-state index contributed by atoms with van der Waals surface area (Å²) in [6.45, 7) is 5.12. The molecule has 10 heteroatoms. The summed E-state index contributed by atoms with van der Waals surface area (Å²) in [5.74, 6) is 1.57. The maximum atomic E-state index is 6.75. The van der Waals surface area contributed by atoms with E-state index in [1.807, 2.05) is 6.07 Å². The number of hydrogen-bond acceptors (Lipinski definition) is 8. The smallest absolute Gasteiger partial charge is 0.196 e. The fourth-order valence-electron chi connectivity index (χ4n) is 4.61. The van der Waals surface area contributed by atoms with E-state index in [1.54, 1.807) is 18.6 Å². The maximum absolute atomic E-state index is 6.75. The first-order chi connectivity index (χ1) is 15.2. The molecule has 31 heavy (non-hydrogen) atoms. The van der Waals surface area contributed by atoms with Crippen molar-refractivity contribution in [1.29, 1.82) is 0 Å². The monoisotopic (exact) mass is 452 g/mol. The Balaban J connectivity index is 1.42. The molecule has 0 bridgehead atoms. The molecule has 6 rings (SSSR count). The summed E-state index contributed by atoms with van der Waals surface area (Å²) < 4.78 is 0. The number of aromatic nitrogens is 6. The molecular weight excluding hydrogens is 432 g/mol. The minimum atomic E-state index is 0.521. The molecule has 8 nitrogen and oxygen atoms in total. The van der Waals surface area contributed by atoms with Crippen LogP contribution >= 0.6 is 23.4 Å². The van der Waals surface area contributed by atoms with Gasteiger partial charge >= 0.3 is 0 Å². The lowest BCUT2D eigenvalue weighted by Gasteiger charge is -2.20. The van der Waals surface area contributed by atoms with Crippen LogP contribution in [0.15, 0.2) is 34.7 Å². The third kappa shape index (κ3) is 3.31. The fourth-order valence-corrected chi connectivity index (χ4v) is 5.72. The van der Waals surface area contributed by atoms with E-state index in [1.165, 1.54) is 18.2 Å². The van der Waals surface area contributed by atoms with Crippen molar-refractivity contribution in [2.75, 3.05) is 24.5 Å². The number of rotatable bonds is 4. The van der Waals surface area contributed by atoms with E-state index >= 15 is 0 Å². The number of aryl methyl sites for hydroxylation is 1. The second-order valence-electron chi connectivity index (χ2n) is 8.01. The molecule has 6 heterocycles. The summed E-state index contributed by atoms with van der Waals surface area (Å²) in [6, 6.07) is 2.49. The predicted octanol–water partition coefficient (Wildman–Crippen LogP) is 3.46.